The fourth-order valence-corrected chi connectivity index (χ4v) is 2.28. The number of rotatable bonds is 1. The first-order chi connectivity index (χ1) is 8.34. The molecule has 3 N–H and O–H groups in total. The van der Waals surface area contributed by atoms with Gasteiger partial charge < -0.3 is 6.15 Å². The van der Waals surface area contributed by atoms with E-state index in [2.05, 4.69) is 73.7 Å². The van der Waals surface area contributed by atoms with Crippen molar-refractivity contribution in [3.8, 4) is 11.1 Å². The second-order valence-corrected chi connectivity index (χ2v) is 4.38. The Kier molecular flexibility index (Phi) is 3.45. The third-order valence-electron chi connectivity index (χ3n) is 3.18. The van der Waals surface area contributed by atoms with Crippen molar-refractivity contribution < 1.29 is 0 Å². The second kappa shape index (κ2) is 5.03. The van der Waals surface area contributed by atoms with Crippen molar-refractivity contribution in [1.29, 1.82) is 0 Å². The molecule has 3 rings (SSSR count). The summed E-state index contributed by atoms with van der Waals surface area (Å²) in [6.45, 7) is 2.18. The molecule has 0 amide bonds. The van der Waals surface area contributed by atoms with Crippen molar-refractivity contribution in [2.24, 2.45) is 0 Å². The predicted octanol–water partition coefficient (Wildman–Crippen LogP) is 4.98. The molecule has 0 fully saturated rings. The minimum absolute atomic E-state index is 0. The third-order valence-corrected chi connectivity index (χ3v) is 3.18. The van der Waals surface area contributed by atoms with E-state index in [0.717, 1.165) is 0 Å². The zero-order chi connectivity index (χ0) is 11.7. The third kappa shape index (κ3) is 2.13. The van der Waals surface area contributed by atoms with Gasteiger partial charge >= 0.3 is 0 Å². The molecule has 3 aromatic rings. The summed E-state index contributed by atoms with van der Waals surface area (Å²) in [5.41, 5.74) is 3.94. The molecule has 0 aliphatic carbocycles. The highest BCUT2D eigenvalue weighted by atomic mass is 14.1. The SMILES string of the molecule is Cc1cc2ccccc2cc1-c1ccccc1.N. The maximum absolute atomic E-state index is 2.28. The molecule has 18 heavy (non-hydrogen) atoms. The van der Waals surface area contributed by atoms with Crippen LogP contribution in [0.5, 0.6) is 0 Å². The van der Waals surface area contributed by atoms with E-state index in [1.165, 1.54) is 27.5 Å². The van der Waals surface area contributed by atoms with Crippen LogP contribution < -0.4 is 6.15 Å². The largest absolute Gasteiger partial charge is 0.344 e. The standard InChI is InChI=1S/C17H14.H3N/c1-13-11-15-9-5-6-10-16(15)12-17(13)14-7-3-2-4-8-14;/h2-12H,1H3;1H3. The van der Waals surface area contributed by atoms with E-state index in [1.54, 1.807) is 0 Å². The highest BCUT2D eigenvalue weighted by Crippen LogP contribution is 2.27. The summed E-state index contributed by atoms with van der Waals surface area (Å²) in [7, 11) is 0. The first kappa shape index (κ1) is 12.3. The molecular formula is C17H17N. The van der Waals surface area contributed by atoms with Gasteiger partial charge in [-0.15, -0.1) is 0 Å². The maximum Gasteiger partial charge on any atom is -0.0148 e. The Morgan fingerprint density at radius 3 is 1.89 bits per heavy atom. The molecule has 90 valence electrons. The maximum atomic E-state index is 2.28. The van der Waals surface area contributed by atoms with Gasteiger partial charge in [-0.25, -0.2) is 0 Å². The topological polar surface area (TPSA) is 35.0 Å². The van der Waals surface area contributed by atoms with E-state index >= 15 is 0 Å². The lowest BCUT2D eigenvalue weighted by molar-refractivity contribution is 1.48. The van der Waals surface area contributed by atoms with Crippen LogP contribution in [0, 0.1) is 6.92 Å². The second-order valence-electron chi connectivity index (χ2n) is 4.38. The molecule has 0 heterocycles. The van der Waals surface area contributed by atoms with Crippen molar-refractivity contribution >= 4 is 10.8 Å². The molecule has 0 bridgehead atoms. The van der Waals surface area contributed by atoms with E-state index in [1.807, 2.05) is 0 Å². The van der Waals surface area contributed by atoms with Crippen molar-refractivity contribution in [3.05, 3.63) is 72.3 Å². The Labute approximate surface area is 108 Å². The molecule has 0 spiro atoms. The fraction of sp³-hybridized carbons (Fsp3) is 0.0588. The zero-order valence-corrected chi connectivity index (χ0v) is 10.6. The predicted molar refractivity (Wildman–Crippen MR) is 79.1 cm³/mol. The van der Waals surface area contributed by atoms with Gasteiger partial charge in [-0.05, 0) is 40.5 Å². The number of hydrogen-bond acceptors (Lipinski definition) is 1. The molecule has 3 aromatic carbocycles. The van der Waals surface area contributed by atoms with Crippen LogP contribution in [0.1, 0.15) is 5.56 Å². The molecular weight excluding hydrogens is 218 g/mol. The molecule has 0 aliphatic rings. The normalized spacial score (nSPS) is 10.1. The van der Waals surface area contributed by atoms with Gasteiger partial charge in [0.2, 0.25) is 0 Å². The molecule has 0 aromatic heterocycles. The van der Waals surface area contributed by atoms with Gasteiger partial charge in [-0.2, -0.15) is 0 Å². The average Bonchev–Trinajstić information content (AvgIpc) is 2.39. The summed E-state index contributed by atoms with van der Waals surface area (Å²) in [6, 6.07) is 23.6. The van der Waals surface area contributed by atoms with E-state index in [0.29, 0.717) is 0 Å². The summed E-state index contributed by atoms with van der Waals surface area (Å²) in [5, 5.41) is 2.61. The summed E-state index contributed by atoms with van der Waals surface area (Å²) in [6.07, 6.45) is 0. The molecule has 1 heteroatoms. The van der Waals surface area contributed by atoms with Crippen LogP contribution in [0.2, 0.25) is 0 Å². The number of benzene rings is 3. The van der Waals surface area contributed by atoms with Crippen molar-refractivity contribution in [3.63, 3.8) is 0 Å². The molecule has 1 nitrogen and oxygen atoms in total. The molecule has 0 saturated carbocycles. The van der Waals surface area contributed by atoms with E-state index in [-0.39, 0.29) is 6.15 Å². The lowest BCUT2D eigenvalue weighted by Gasteiger charge is -2.08. The van der Waals surface area contributed by atoms with Crippen LogP contribution in [-0.2, 0) is 0 Å². The highest BCUT2D eigenvalue weighted by Gasteiger charge is 2.03. The van der Waals surface area contributed by atoms with E-state index in [4.69, 9.17) is 0 Å². The fourth-order valence-electron chi connectivity index (χ4n) is 2.28. The van der Waals surface area contributed by atoms with Gasteiger partial charge in [0, 0.05) is 0 Å². The summed E-state index contributed by atoms with van der Waals surface area (Å²) in [5.74, 6) is 0. The van der Waals surface area contributed by atoms with Gasteiger partial charge in [0.1, 0.15) is 0 Å². The first-order valence-electron chi connectivity index (χ1n) is 5.89. The van der Waals surface area contributed by atoms with Gasteiger partial charge in [-0.1, -0.05) is 60.7 Å². The van der Waals surface area contributed by atoms with Gasteiger partial charge in [0.15, 0.2) is 0 Å². The van der Waals surface area contributed by atoms with Crippen LogP contribution in [0.25, 0.3) is 21.9 Å². The van der Waals surface area contributed by atoms with Crippen LogP contribution in [0.15, 0.2) is 66.7 Å². The van der Waals surface area contributed by atoms with Crippen molar-refractivity contribution in [2.45, 2.75) is 6.92 Å². The van der Waals surface area contributed by atoms with Crippen LogP contribution in [0.4, 0.5) is 0 Å². The molecule has 0 saturated heterocycles. The van der Waals surface area contributed by atoms with Crippen LogP contribution in [0.3, 0.4) is 0 Å². The summed E-state index contributed by atoms with van der Waals surface area (Å²) >= 11 is 0. The Hall–Kier alpha value is -2.12. The molecule has 0 atom stereocenters. The average molecular weight is 235 g/mol. The first-order valence-corrected chi connectivity index (χ1v) is 5.89. The van der Waals surface area contributed by atoms with Gasteiger partial charge in [-0.3, -0.25) is 0 Å². The molecule has 0 radical (unpaired) electrons. The van der Waals surface area contributed by atoms with Gasteiger partial charge in [0.05, 0.1) is 0 Å². The van der Waals surface area contributed by atoms with E-state index in [9.17, 15) is 0 Å². The monoisotopic (exact) mass is 235 g/mol. The van der Waals surface area contributed by atoms with Crippen molar-refractivity contribution in [1.82, 2.24) is 6.15 Å². The Morgan fingerprint density at radius 2 is 1.22 bits per heavy atom. The lowest BCUT2D eigenvalue weighted by atomic mass is 9.96. The number of aryl methyl sites for hydroxylation is 1. The Bertz CT molecular complexity index is 657. The van der Waals surface area contributed by atoms with Crippen LogP contribution >= 0.6 is 0 Å². The molecule has 0 aliphatic heterocycles. The molecule has 0 unspecified atom stereocenters. The number of hydrogen-bond donors (Lipinski definition) is 1. The van der Waals surface area contributed by atoms with Gasteiger partial charge in [0.25, 0.3) is 0 Å². The zero-order valence-electron chi connectivity index (χ0n) is 10.6. The number of fused-ring (bicyclic) bond motifs is 1. The highest BCUT2D eigenvalue weighted by molar-refractivity contribution is 5.89. The minimum Gasteiger partial charge on any atom is -0.344 e. The summed E-state index contributed by atoms with van der Waals surface area (Å²) < 4.78 is 0. The summed E-state index contributed by atoms with van der Waals surface area (Å²) in [4.78, 5) is 0. The minimum atomic E-state index is 0. The smallest absolute Gasteiger partial charge is 0.0148 e. The van der Waals surface area contributed by atoms with E-state index < -0.39 is 0 Å². The quantitative estimate of drug-likeness (QED) is 0.634. The van der Waals surface area contributed by atoms with Crippen LogP contribution in [-0.4, -0.2) is 0 Å². The van der Waals surface area contributed by atoms with Crippen molar-refractivity contribution in [2.75, 3.05) is 0 Å². The lowest BCUT2D eigenvalue weighted by Crippen LogP contribution is -1.84. The Morgan fingerprint density at radius 1 is 0.667 bits per heavy atom. The Balaban J connectivity index is 0.00000120.